The number of hydrogen-bond acceptors (Lipinski definition) is 4. The standard InChI is InChI=1S/C16H15N3O3S/c1-2-9-4-3-5-11-10(6-12-15(21)18-16(22)23-12)7-19(14(9)11)8-13(17)20/h3-7H,2,8H2,1H3,(H2,17,20)(H,18,21,22)/b12-6-. The van der Waals surface area contributed by atoms with E-state index in [9.17, 15) is 14.4 Å². The SMILES string of the molecule is CCc1cccc2c(/C=C3\SC(=O)NC3=O)cn(CC(N)=O)c12. The molecule has 1 aliphatic rings. The molecule has 3 rings (SSSR count). The molecule has 3 N–H and O–H groups in total. The van der Waals surface area contributed by atoms with Gasteiger partial charge >= 0.3 is 0 Å². The summed E-state index contributed by atoms with van der Waals surface area (Å²) >= 11 is 0.871. The summed E-state index contributed by atoms with van der Waals surface area (Å²) in [5.74, 6) is -0.836. The van der Waals surface area contributed by atoms with Crippen LogP contribution in [0.25, 0.3) is 17.0 Å². The molecule has 3 amide bonds. The minimum absolute atomic E-state index is 0.0644. The number of aromatic nitrogens is 1. The first-order chi connectivity index (χ1) is 11.0. The molecule has 2 heterocycles. The number of thioether (sulfide) groups is 1. The lowest BCUT2D eigenvalue weighted by Gasteiger charge is -2.06. The van der Waals surface area contributed by atoms with E-state index in [1.54, 1.807) is 16.8 Å². The lowest BCUT2D eigenvalue weighted by Crippen LogP contribution is -2.18. The smallest absolute Gasteiger partial charge is 0.290 e. The number of nitrogens with two attached hydrogens (primary N) is 1. The molecule has 23 heavy (non-hydrogen) atoms. The van der Waals surface area contributed by atoms with E-state index >= 15 is 0 Å². The van der Waals surface area contributed by atoms with Crippen molar-refractivity contribution in [2.24, 2.45) is 5.73 Å². The molecule has 7 heteroatoms. The molecule has 1 aliphatic heterocycles. The molecule has 1 fully saturated rings. The van der Waals surface area contributed by atoms with E-state index in [0.29, 0.717) is 4.91 Å². The summed E-state index contributed by atoms with van der Waals surface area (Å²) in [4.78, 5) is 34.7. The molecule has 0 aliphatic carbocycles. The third-order valence-corrected chi connectivity index (χ3v) is 4.46. The van der Waals surface area contributed by atoms with Crippen molar-refractivity contribution in [1.82, 2.24) is 9.88 Å². The number of imide groups is 1. The minimum atomic E-state index is -0.435. The Hall–Kier alpha value is -2.54. The van der Waals surface area contributed by atoms with Crippen LogP contribution in [0.15, 0.2) is 29.3 Å². The molecule has 0 radical (unpaired) electrons. The van der Waals surface area contributed by atoms with Gasteiger partial charge in [-0.1, -0.05) is 25.1 Å². The van der Waals surface area contributed by atoms with Crippen molar-refractivity contribution in [3.8, 4) is 0 Å². The minimum Gasteiger partial charge on any atom is -0.368 e. The Balaban J connectivity index is 2.18. The van der Waals surface area contributed by atoms with Crippen molar-refractivity contribution in [3.05, 3.63) is 40.4 Å². The Morgan fingerprint density at radius 3 is 2.78 bits per heavy atom. The number of amides is 3. The number of carbonyl (C=O) groups excluding carboxylic acids is 3. The van der Waals surface area contributed by atoms with Crippen molar-refractivity contribution in [3.63, 3.8) is 0 Å². The highest BCUT2D eigenvalue weighted by Gasteiger charge is 2.25. The van der Waals surface area contributed by atoms with Gasteiger partial charge in [0, 0.05) is 17.1 Å². The van der Waals surface area contributed by atoms with Gasteiger partial charge in [0.05, 0.1) is 10.4 Å². The third-order valence-electron chi connectivity index (χ3n) is 3.65. The van der Waals surface area contributed by atoms with Crippen molar-refractivity contribution in [1.29, 1.82) is 0 Å². The lowest BCUT2D eigenvalue weighted by molar-refractivity contribution is -0.118. The molecule has 2 aromatic rings. The molecule has 1 aromatic carbocycles. The number of carbonyl (C=O) groups is 3. The van der Waals surface area contributed by atoms with Crippen LogP contribution in [0.4, 0.5) is 4.79 Å². The average molecular weight is 329 g/mol. The van der Waals surface area contributed by atoms with Crippen LogP contribution in [0.2, 0.25) is 0 Å². The van der Waals surface area contributed by atoms with E-state index in [1.165, 1.54) is 0 Å². The predicted molar refractivity (Wildman–Crippen MR) is 89.6 cm³/mol. The molecule has 118 valence electrons. The fourth-order valence-corrected chi connectivity index (χ4v) is 3.39. The first-order valence-corrected chi connectivity index (χ1v) is 7.95. The maximum absolute atomic E-state index is 11.7. The highest BCUT2D eigenvalue weighted by Crippen LogP contribution is 2.31. The fourth-order valence-electron chi connectivity index (χ4n) is 2.72. The van der Waals surface area contributed by atoms with Crippen molar-refractivity contribution < 1.29 is 14.4 Å². The highest BCUT2D eigenvalue weighted by molar-refractivity contribution is 8.18. The van der Waals surface area contributed by atoms with E-state index in [4.69, 9.17) is 5.73 Å². The summed E-state index contributed by atoms with van der Waals surface area (Å²) in [5.41, 5.74) is 8.13. The summed E-state index contributed by atoms with van der Waals surface area (Å²) in [5, 5.41) is 2.78. The number of benzene rings is 1. The van der Waals surface area contributed by atoms with E-state index < -0.39 is 11.8 Å². The maximum Gasteiger partial charge on any atom is 0.290 e. The van der Waals surface area contributed by atoms with Gasteiger partial charge < -0.3 is 10.3 Å². The van der Waals surface area contributed by atoms with Gasteiger partial charge in [-0.2, -0.15) is 0 Å². The van der Waals surface area contributed by atoms with Gasteiger partial charge in [0.2, 0.25) is 5.91 Å². The Kier molecular flexibility index (Phi) is 3.96. The number of para-hydroxylation sites is 1. The van der Waals surface area contributed by atoms with E-state index in [0.717, 1.165) is 40.2 Å². The number of fused-ring (bicyclic) bond motifs is 1. The van der Waals surface area contributed by atoms with Crippen LogP contribution in [0.3, 0.4) is 0 Å². The number of primary amides is 1. The molecular formula is C16H15N3O3S. The lowest BCUT2D eigenvalue weighted by atomic mass is 10.1. The van der Waals surface area contributed by atoms with Crippen molar-refractivity contribution in [2.75, 3.05) is 0 Å². The van der Waals surface area contributed by atoms with Gasteiger partial charge in [-0.3, -0.25) is 19.7 Å². The van der Waals surface area contributed by atoms with Crippen LogP contribution in [0.5, 0.6) is 0 Å². The summed E-state index contributed by atoms with van der Waals surface area (Å²) in [7, 11) is 0. The third kappa shape index (κ3) is 2.87. The summed E-state index contributed by atoms with van der Waals surface area (Å²) < 4.78 is 1.79. The number of rotatable bonds is 4. The van der Waals surface area contributed by atoms with Crippen molar-refractivity contribution >= 4 is 45.8 Å². The number of nitrogens with one attached hydrogen (secondary N) is 1. The molecule has 0 unspecified atom stereocenters. The zero-order chi connectivity index (χ0) is 16.6. The maximum atomic E-state index is 11.7. The van der Waals surface area contributed by atoms with Crippen LogP contribution < -0.4 is 11.1 Å². The molecule has 6 nitrogen and oxygen atoms in total. The van der Waals surface area contributed by atoms with Gasteiger partial charge in [0.15, 0.2) is 0 Å². The van der Waals surface area contributed by atoms with Gasteiger partial charge in [0.1, 0.15) is 6.54 Å². The van der Waals surface area contributed by atoms with Crippen LogP contribution >= 0.6 is 11.8 Å². The predicted octanol–water partition coefficient (Wildman–Crippen LogP) is 2.01. The summed E-state index contributed by atoms with van der Waals surface area (Å²) in [6, 6.07) is 5.86. The largest absolute Gasteiger partial charge is 0.368 e. The Morgan fingerprint density at radius 2 is 2.17 bits per heavy atom. The topological polar surface area (TPSA) is 94.2 Å². The van der Waals surface area contributed by atoms with Crippen LogP contribution in [-0.4, -0.2) is 21.6 Å². The molecule has 0 saturated carbocycles. The molecule has 0 bridgehead atoms. The zero-order valence-electron chi connectivity index (χ0n) is 12.5. The first kappa shape index (κ1) is 15.4. The van der Waals surface area contributed by atoms with Gasteiger partial charge in [0.25, 0.3) is 11.1 Å². The fraction of sp³-hybridized carbons (Fsp3) is 0.188. The summed E-state index contributed by atoms with van der Waals surface area (Å²) in [6.45, 7) is 2.10. The van der Waals surface area contributed by atoms with E-state index in [2.05, 4.69) is 5.32 Å². The van der Waals surface area contributed by atoms with Crippen molar-refractivity contribution in [2.45, 2.75) is 19.9 Å². The monoisotopic (exact) mass is 329 g/mol. The number of nitrogens with zero attached hydrogens (tertiary/aromatic N) is 1. The number of aryl methyl sites for hydroxylation is 1. The first-order valence-electron chi connectivity index (χ1n) is 7.13. The van der Waals surface area contributed by atoms with E-state index in [1.807, 2.05) is 25.1 Å². The van der Waals surface area contributed by atoms with Crippen LogP contribution in [-0.2, 0) is 22.6 Å². The molecule has 1 aromatic heterocycles. The highest BCUT2D eigenvalue weighted by atomic mass is 32.2. The van der Waals surface area contributed by atoms with Gasteiger partial charge in [-0.15, -0.1) is 0 Å². The van der Waals surface area contributed by atoms with E-state index in [-0.39, 0.29) is 11.8 Å². The van der Waals surface area contributed by atoms with Crippen LogP contribution in [0.1, 0.15) is 18.1 Å². The van der Waals surface area contributed by atoms with Gasteiger partial charge in [-0.05, 0) is 29.8 Å². The number of hydrogen-bond donors (Lipinski definition) is 2. The Morgan fingerprint density at radius 1 is 1.39 bits per heavy atom. The zero-order valence-corrected chi connectivity index (χ0v) is 13.3. The summed E-state index contributed by atoms with van der Waals surface area (Å²) in [6.07, 6.45) is 4.27. The molecular weight excluding hydrogens is 314 g/mol. The average Bonchev–Trinajstić information content (AvgIpc) is 2.99. The molecule has 1 saturated heterocycles. The second kappa shape index (κ2) is 5.92. The van der Waals surface area contributed by atoms with Crippen LogP contribution in [0, 0.1) is 0 Å². The van der Waals surface area contributed by atoms with Gasteiger partial charge in [-0.25, -0.2) is 0 Å². The second-order valence-corrected chi connectivity index (χ2v) is 6.21. The molecule has 0 atom stereocenters. The molecule has 0 spiro atoms. The normalized spacial score (nSPS) is 16.3. The Labute approximate surface area is 136 Å². The Bertz CT molecular complexity index is 867. The quantitative estimate of drug-likeness (QED) is 0.839. The second-order valence-electron chi connectivity index (χ2n) is 5.20.